The molecule has 0 radical (unpaired) electrons. The van der Waals surface area contributed by atoms with Crippen LogP contribution in [-0.2, 0) is 40.6 Å². The largest absolute Gasteiger partial charge is 0.512 e. The number of ether oxygens (including phenoxy) is 1. The van der Waals surface area contributed by atoms with Crippen molar-refractivity contribution in [1.29, 1.82) is 0 Å². The van der Waals surface area contributed by atoms with Gasteiger partial charge in [0.05, 0.1) is 21.1 Å². The van der Waals surface area contributed by atoms with E-state index in [0.29, 0.717) is 4.13 Å². The van der Waals surface area contributed by atoms with Crippen molar-refractivity contribution in [3.8, 4) is 0 Å². The minimum absolute atomic E-state index is 0.00521. The number of benzene rings is 1. The molecule has 0 aliphatic heterocycles. The van der Waals surface area contributed by atoms with Crippen molar-refractivity contribution in [2.24, 2.45) is 0 Å². The van der Waals surface area contributed by atoms with Gasteiger partial charge < -0.3 is 9.22 Å². The number of carbonyl (C=O) groups is 1. The average Bonchev–Trinajstić information content (AvgIpc) is 2.56. The van der Waals surface area contributed by atoms with E-state index in [-0.39, 0.29) is 5.57 Å². The fraction of sp³-hybridized carbons (Fsp3) is 0.471. The lowest BCUT2D eigenvalue weighted by Crippen LogP contribution is -2.41. The molecular formula is C17H26F3N2O7S2+. The number of nitrogens with zero attached hydrogens (tertiary/aromatic N) is 1. The van der Waals surface area contributed by atoms with E-state index in [9.17, 15) is 34.8 Å². The lowest BCUT2D eigenvalue weighted by Gasteiger charge is -2.23. The Hall–Kier alpha value is -2.00. The fourth-order valence-electron chi connectivity index (χ4n) is 1.74. The van der Waals surface area contributed by atoms with Gasteiger partial charge in [-0.1, -0.05) is 41.0 Å². The molecule has 9 nitrogen and oxygen atoms in total. The number of carbonyl (C=O) groups excluding carboxylic acids is 1. The first-order chi connectivity index (χ1) is 13.9. The van der Waals surface area contributed by atoms with Gasteiger partial charge in [-0.3, -0.25) is 4.18 Å². The highest BCUT2D eigenvalue weighted by atomic mass is 32.3. The Morgan fingerprint density at radius 1 is 1.06 bits per heavy atom. The molecule has 0 saturated carbocycles. The molecule has 178 valence electrons. The lowest BCUT2D eigenvalue weighted by molar-refractivity contribution is -0.884. The van der Waals surface area contributed by atoms with Gasteiger partial charge in [0.2, 0.25) is 0 Å². The van der Waals surface area contributed by atoms with Crippen molar-refractivity contribution in [2.45, 2.75) is 19.0 Å². The maximum Gasteiger partial charge on any atom is 0.512 e. The molecule has 1 aromatic carbocycles. The highest BCUT2D eigenvalue weighted by Crippen LogP contribution is 2.22. The summed E-state index contributed by atoms with van der Waals surface area (Å²) in [6.45, 7) is 4.11. The summed E-state index contributed by atoms with van der Waals surface area (Å²) in [5.74, 6) is -0.873. The van der Waals surface area contributed by atoms with Crippen molar-refractivity contribution in [2.75, 3.05) is 34.4 Å². The van der Waals surface area contributed by atoms with Gasteiger partial charge in [0.1, 0.15) is 19.8 Å². The molecule has 0 amide bonds. The predicted octanol–water partition coefficient (Wildman–Crippen LogP) is 1.70. The van der Waals surface area contributed by atoms with E-state index < -0.39 is 45.0 Å². The second-order valence-electron chi connectivity index (χ2n) is 7.16. The summed E-state index contributed by atoms with van der Waals surface area (Å²) in [6.07, 6.45) is 0. The monoisotopic (exact) mass is 491 g/mol. The summed E-state index contributed by atoms with van der Waals surface area (Å²) in [5.41, 5.74) is -4.40. The Balaban J connectivity index is 0.000000683. The molecule has 14 heteroatoms. The van der Waals surface area contributed by atoms with Crippen molar-refractivity contribution in [1.82, 2.24) is 4.13 Å². The van der Waals surface area contributed by atoms with Crippen LogP contribution >= 0.6 is 0 Å². The van der Waals surface area contributed by atoms with Crippen LogP contribution in [0.4, 0.5) is 13.2 Å². The van der Waals surface area contributed by atoms with E-state index in [0.717, 1.165) is 11.0 Å². The predicted molar refractivity (Wildman–Crippen MR) is 107 cm³/mol. The first-order valence-electron chi connectivity index (χ1n) is 8.52. The summed E-state index contributed by atoms with van der Waals surface area (Å²) in [4.78, 5) is 10.8. The minimum atomic E-state index is -6.11. The Morgan fingerprint density at radius 2 is 1.58 bits per heavy atom. The highest BCUT2D eigenvalue weighted by Gasteiger charge is 2.48. The Kier molecular flexibility index (Phi) is 10.8. The number of halogens is 3. The molecule has 0 atom stereocenters. The van der Waals surface area contributed by atoms with Gasteiger partial charge in [0, 0.05) is 11.1 Å². The van der Waals surface area contributed by atoms with E-state index in [1.807, 2.05) is 0 Å². The van der Waals surface area contributed by atoms with E-state index >= 15 is 0 Å². The number of esters is 1. The number of hydrogen-bond donors (Lipinski definition) is 1. The first kappa shape index (κ1) is 29.0. The SMILES string of the molecule is C=C(C)C(=O)OCCOS(=O)(=O)NS(=O)(=O)C(F)(F)F.C[N+](C)(C)Cc1ccccc1. The van der Waals surface area contributed by atoms with E-state index in [4.69, 9.17) is 0 Å². The zero-order chi connectivity index (χ0) is 24.5. The molecule has 31 heavy (non-hydrogen) atoms. The maximum absolute atomic E-state index is 11.9. The molecule has 0 bridgehead atoms. The fourth-order valence-corrected chi connectivity index (χ4v) is 3.67. The minimum Gasteiger partial charge on any atom is -0.460 e. The summed E-state index contributed by atoms with van der Waals surface area (Å²) < 4.78 is 88.1. The summed E-state index contributed by atoms with van der Waals surface area (Å²) >= 11 is 0. The molecule has 0 heterocycles. The summed E-state index contributed by atoms with van der Waals surface area (Å²) in [7, 11) is -4.72. The van der Waals surface area contributed by atoms with Gasteiger partial charge in [-0.15, -0.1) is 0 Å². The molecule has 1 rings (SSSR count). The van der Waals surface area contributed by atoms with E-state index in [1.165, 1.54) is 12.5 Å². The number of sulfonamides is 1. The standard InChI is InChI=1S/C10H16N.C7H10F3NO7S2/c1-11(2,3)9-10-7-5-4-6-8-10;1-5(2)6(12)17-3-4-18-20(15,16)11-19(13,14)7(8,9)10/h4-8H,9H2,1-3H3;11H,1,3-4H2,2H3/q+1;. The maximum atomic E-state index is 11.9. The molecular weight excluding hydrogens is 465 g/mol. The quantitative estimate of drug-likeness (QED) is 0.242. The number of alkyl halides is 3. The molecule has 0 spiro atoms. The Labute approximate surface area is 180 Å². The number of quaternary nitrogens is 1. The lowest BCUT2D eigenvalue weighted by atomic mass is 10.2. The highest BCUT2D eigenvalue weighted by molar-refractivity contribution is 8.03. The van der Waals surface area contributed by atoms with Crippen LogP contribution in [0.15, 0.2) is 42.5 Å². The zero-order valence-corrected chi connectivity index (χ0v) is 19.1. The normalized spacial score (nSPS) is 12.5. The van der Waals surface area contributed by atoms with Crippen molar-refractivity contribution >= 4 is 26.3 Å². The second kappa shape index (κ2) is 11.6. The van der Waals surface area contributed by atoms with Crippen molar-refractivity contribution < 1.29 is 48.2 Å². The Bertz CT molecular complexity index is 940. The van der Waals surface area contributed by atoms with Crippen molar-refractivity contribution in [3.63, 3.8) is 0 Å². The average molecular weight is 492 g/mol. The van der Waals surface area contributed by atoms with Crippen molar-refractivity contribution in [3.05, 3.63) is 48.0 Å². The molecule has 1 N–H and O–H groups in total. The van der Waals surface area contributed by atoms with E-state index in [2.05, 4.69) is 67.0 Å². The molecule has 0 aliphatic rings. The summed E-state index contributed by atoms with van der Waals surface area (Å²) in [5, 5.41) is 0. The van der Waals surface area contributed by atoms with Crippen LogP contribution in [0.2, 0.25) is 0 Å². The molecule has 1 aromatic rings. The smallest absolute Gasteiger partial charge is 0.460 e. The molecule has 0 aromatic heterocycles. The van der Waals surface area contributed by atoms with Crippen LogP contribution in [0.25, 0.3) is 0 Å². The third-order valence-corrected chi connectivity index (χ3v) is 5.70. The second-order valence-corrected chi connectivity index (χ2v) is 10.4. The van der Waals surface area contributed by atoms with Gasteiger partial charge in [0.25, 0.3) is 0 Å². The van der Waals surface area contributed by atoms with Crippen LogP contribution in [0, 0.1) is 0 Å². The third-order valence-electron chi connectivity index (χ3n) is 2.92. The number of rotatable bonds is 9. The number of nitrogens with one attached hydrogen (secondary N) is 1. The van der Waals surface area contributed by atoms with Crippen LogP contribution in [-0.4, -0.2) is 67.2 Å². The van der Waals surface area contributed by atoms with Gasteiger partial charge in [0.15, 0.2) is 0 Å². The molecule has 0 aliphatic carbocycles. The van der Waals surface area contributed by atoms with Crippen LogP contribution < -0.4 is 4.13 Å². The third kappa shape index (κ3) is 13.1. The van der Waals surface area contributed by atoms with Gasteiger partial charge in [-0.2, -0.15) is 21.6 Å². The molecule has 0 unspecified atom stereocenters. The van der Waals surface area contributed by atoms with Crippen LogP contribution in [0.1, 0.15) is 12.5 Å². The van der Waals surface area contributed by atoms with Gasteiger partial charge in [-0.05, 0) is 6.92 Å². The summed E-state index contributed by atoms with van der Waals surface area (Å²) in [6, 6.07) is 10.6. The van der Waals surface area contributed by atoms with Crippen LogP contribution in [0.5, 0.6) is 0 Å². The van der Waals surface area contributed by atoms with Gasteiger partial charge in [-0.25, -0.2) is 13.2 Å². The molecule has 0 saturated heterocycles. The van der Waals surface area contributed by atoms with Gasteiger partial charge >= 0.3 is 31.8 Å². The number of hydrogen-bond acceptors (Lipinski definition) is 7. The van der Waals surface area contributed by atoms with E-state index in [1.54, 1.807) is 0 Å². The Morgan fingerprint density at radius 3 is 2.00 bits per heavy atom. The zero-order valence-electron chi connectivity index (χ0n) is 17.5. The first-order valence-corrected chi connectivity index (χ1v) is 11.4. The molecule has 0 fully saturated rings. The topological polar surface area (TPSA) is 116 Å². The van der Waals surface area contributed by atoms with Crippen LogP contribution in [0.3, 0.4) is 0 Å².